The minimum atomic E-state index is -0.254. The van der Waals surface area contributed by atoms with Gasteiger partial charge in [-0.3, -0.25) is 9.69 Å². The first-order valence-corrected chi connectivity index (χ1v) is 10.6. The Balaban J connectivity index is 1.67. The smallest absolute Gasteiger partial charge is 0.312 e. The summed E-state index contributed by atoms with van der Waals surface area (Å²) in [4.78, 5) is 15.0. The van der Waals surface area contributed by atoms with Gasteiger partial charge >= 0.3 is 5.97 Å². The lowest BCUT2D eigenvalue weighted by atomic mass is 9.87. The van der Waals surface area contributed by atoms with Gasteiger partial charge in [-0.15, -0.1) is 0 Å². The number of methoxy groups -OCH3 is 1. The van der Waals surface area contributed by atoms with Crippen LogP contribution in [-0.2, 0) is 14.3 Å². The van der Waals surface area contributed by atoms with Crippen LogP contribution in [0.4, 0.5) is 0 Å². The Morgan fingerprint density at radius 1 is 1.07 bits per heavy atom. The van der Waals surface area contributed by atoms with E-state index in [9.17, 15) is 4.79 Å². The Kier molecular flexibility index (Phi) is 5.85. The molecule has 2 aromatic rings. The number of ether oxygens (including phenoxy) is 2. The van der Waals surface area contributed by atoms with Crippen molar-refractivity contribution in [1.29, 1.82) is 0 Å². The van der Waals surface area contributed by atoms with Crippen LogP contribution in [0, 0.1) is 5.92 Å². The van der Waals surface area contributed by atoms with Crippen LogP contribution in [0.2, 0.25) is 0 Å². The number of carbonyl (C=O) groups is 1. The van der Waals surface area contributed by atoms with Crippen molar-refractivity contribution in [3.05, 3.63) is 70.2 Å². The average Bonchev–Trinajstić information content (AvgIpc) is 2.96. The van der Waals surface area contributed by atoms with Crippen molar-refractivity contribution in [3.8, 4) is 0 Å². The molecule has 5 atom stereocenters. The van der Waals surface area contributed by atoms with E-state index >= 15 is 0 Å². The van der Waals surface area contributed by atoms with Crippen molar-refractivity contribution in [3.63, 3.8) is 0 Å². The third-order valence-electron chi connectivity index (χ3n) is 6.27. The van der Waals surface area contributed by atoms with Gasteiger partial charge < -0.3 is 9.47 Å². The van der Waals surface area contributed by atoms with Gasteiger partial charge in [-0.25, -0.2) is 0 Å². The number of esters is 1. The summed E-state index contributed by atoms with van der Waals surface area (Å²) in [6, 6.07) is 19.1. The second kappa shape index (κ2) is 8.36. The first-order valence-electron chi connectivity index (χ1n) is 9.84. The highest BCUT2D eigenvalue weighted by molar-refractivity contribution is 9.10. The Bertz CT molecular complexity index is 810. The van der Waals surface area contributed by atoms with E-state index in [4.69, 9.17) is 9.47 Å². The highest BCUT2D eigenvalue weighted by atomic mass is 79.9. The fourth-order valence-corrected chi connectivity index (χ4v) is 5.06. The second-order valence-corrected chi connectivity index (χ2v) is 8.68. The van der Waals surface area contributed by atoms with Gasteiger partial charge in [-0.2, -0.15) is 0 Å². The van der Waals surface area contributed by atoms with Crippen molar-refractivity contribution in [2.45, 2.75) is 43.6 Å². The first kappa shape index (κ1) is 19.6. The van der Waals surface area contributed by atoms with E-state index in [1.54, 1.807) is 0 Å². The summed E-state index contributed by atoms with van der Waals surface area (Å²) in [5.74, 6) is -0.416. The largest absolute Gasteiger partial charge is 0.469 e. The van der Waals surface area contributed by atoms with Gasteiger partial charge in [-0.05, 0) is 49.6 Å². The predicted molar refractivity (Wildman–Crippen MR) is 112 cm³/mol. The second-order valence-electron chi connectivity index (χ2n) is 7.77. The topological polar surface area (TPSA) is 38.8 Å². The van der Waals surface area contributed by atoms with Crippen LogP contribution < -0.4 is 0 Å². The molecular weight excluding hydrogens is 418 g/mol. The van der Waals surface area contributed by atoms with Crippen LogP contribution in [0.5, 0.6) is 0 Å². The third kappa shape index (κ3) is 3.76. The van der Waals surface area contributed by atoms with Crippen molar-refractivity contribution in [1.82, 2.24) is 4.90 Å². The lowest BCUT2D eigenvalue weighted by Gasteiger charge is -2.42. The van der Waals surface area contributed by atoms with Crippen LogP contribution in [-0.4, -0.2) is 43.2 Å². The summed E-state index contributed by atoms with van der Waals surface area (Å²) in [7, 11) is 3.60. The molecule has 2 aliphatic heterocycles. The summed E-state index contributed by atoms with van der Waals surface area (Å²) < 4.78 is 12.9. The molecule has 4 nitrogen and oxygen atoms in total. The first-order chi connectivity index (χ1) is 13.6. The average molecular weight is 444 g/mol. The summed E-state index contributed by atoms with van der Waals surface area (Å²) >= 11 is 3.51. The fraction of sp³-hybridized carbons (Fsp3) is 0.435. The SMILES string of the molecule is COC(=O)[C@H]1[C@@H](OC(c2ccccc2)c2ccc(Br)cc2)C[C@H]2CC[C@@H]1N2C. The van der Waals surface area contributed by atoms with Crippen molar-refractivity contribution >= 4 is 21.9 Å². The van der Waals surface area contributed by atoms with Crippen LogP contribution in [0.25, 0.3) is 0 Å². The number of benzene rings is 2. The molecule has 4 rings (SSSR count). The normalized spacial score (nSPS) is 28.1. The Hall–Kier alpha value is -1.69. The van der Waals surface area contributed by atoms with Crippen molar-refractivity contribution in [2.24, 2.45) is 5.92 Å². The molecule has 2 saturated heterocycles. The van der Waals surface area contributed by atoms with E-state index in [1.807, 2.05) is 30.3 Å². The number of halogens is 1. The number of nitrogens with zero attached hydrogens (tertiary/aromatic N) is 1. The summed E-state index contributed by atoms with van der Waals surface area (Å²) in [6.07, 6.45) is 2.62. The summed E-state index contributed by atoms with van der Waals surface area (Å²) in [5.41, 5.74) is 2.18. The number of hydrogen-bond donors (Lipinski definition) is 0. The van der Waals surface area contributed by atoms with Gasteiger partial charge in [0.15, 0.2) is 0 Å². The van der Waals surface area contributed by atoms with E-state index in [0.29, 0.717) is 6.04 Å². The van der Waals surface area contributed by atoms with Crippen molar-refractivity contribution in [2.75, 3.05) is 14.2 Å². The highest BCUT2D eigenvalue weighted by Crippen LogP contribution is 2.42. The Morgan fingerprint density at radius 3 is 2.43 bits per heavy atom. The van der Waals surface area contributed by atoms with E-state index in [1.165, 1.54) is 7.11 Å². The van der Waals surface area contributed by atoms with E-state index in [0.717, 1.165) is 34.9 Å². The highest BCUT2D eigenvalue weighted by Gasteiger charge is 2.50. The monoisotopic (exact) mass is 443 g/mol. The van der Waals surface area contributed by atoms with Crippen LogP contribution in [0.15, 0.2) is 59.1 Å². The molecule has 0 N–H and O–H groups in total. The fourth-order valence-electron chi connectivity index (χ4n) is 4.80. The zero-order valence-corrected chi connectivity index (χ0v) is 17.8. The van der Waals surface area contributed by atoms with Gasteiger partial charge in [0.05, 0.1) is 19.1 Å². The maximum Gasteiger partial charge on any atom is 0.312 e. The molecule has 0 radical (unpaired) electrons. The molecule has 148 valence electrons. The van der Waals surface area contributed by atoms with Gasteiger partial charge in [0.1, 0.15) is 6.10 Å². The zero-order chi connectivity index (χ0) is 19.7. The summed E-state index contributed by atoms with van der Waals surface area (Å²) in [6.45, 7) is 0. The zero-order valence-electron chi connectivity index (χ0n) is 16.3. The van der Waals surface area contributed by atoms with E-state index in [-0.39, 0.29) is 30.1 Å². The maximum absolute atomic E-state index is 12.7. The molecule has 2 aromatic carbocycles. The Morgan fingerprint density at radius 2 is 1.75 bits per heavy atom. The molecule has 0 spiro atoms. The molecule has 0 saturated carbocycles. The lowest BCUT2D eigenvalue weighted by Crippen LogP contribution is -2.53. The number of fused-ring (bicyclic) bond motifs is 2. The van der Waals surface area contributed by atoms with Gasteiger partial charge in [0.2, 0.25) is 0 Å². The third-order valence-corrected chi connectivity index (χ3v) is 6.80. The number of rotatable bonds is 5. The van der Waals surface area contributed by atoms with Gasteiger partial charge in [0.25, 0.3) is 0 Å². The maximum atomic E-state index is 12.7. The number of piperidine rings is 1. The lowest BCUT2D eigenvalue weighted by molar-refractivity contribution is -0.162. The molecule has 2 heterocycles. The van der Waals surface area contributed by atoms with Crippen LogP contribution >= 0.6 is 15.9 Å². The molecule has 28 heavy (non-hydrogen) atoms. The molecule has 0 amide bonds. The van der Waals surface area contributed by atoms with Crippen LogP contribution in [0.1, 0.15) is 36.5 Å². The quantitative estimate of drug-likeness (QED) is 0.633. The number of carbonyl (C=O) groups excluding carboxylic acids is 1. The molecule has 1 unspecified atom stereocenters. The molecule has 0 aliphatic carbocycles. The summed E-state index contributed by atoms with van der Waals surface area (Å²) in [5, 5.41) is 0. The molecule has 2 aliphatic rings. The molecule has 0 aromatic heterocycles. The van der Waals surface area contributed by atoms with Crippen LogP contribution in [0.3, 0.4) is 0 Å². The Labute approximate surface area is 175 Å². The number of hydrogen-bond acceptors (Lipinski definition) is 4. The predicted octanol–water partition coefficient (Wildman–Crippen LogP) is 4.58. The standard InChI is InChI=1S/C23H26BrNO3/c1-25-18-12-13-19(25)21(23(26)27-2)20(14-18)28-22(15-6-4-3-5-7-15)16-8-10-17(24)11-9-16/h3-11,18-22H,12-14H2,1-2H3/t18-,19+,20+,21-,22?/m1/s1. The molecule has 2 bridgehead atoms. The van der Waals surface area contributed by atoms with E-state index in [2.05, 4.69) is 52.1 Å². The van der Waals surface area contributed by atoms with E-state index < -0.39 is 0 Å². The van der Waals surface area contributed by atoms with Gasteiger partial charge in [-0.1, -0.05) is 58.4 Å². The molecule has 5 heteroatoms. The minimum absolute atomic E-state index is 0.157. The minimum Gasteiger partial charge on any atom is -0.469 e. The molecule has 2 fully saturated rings. The molecular formula is C23H26BrNO3. The van der Waals surface area contributed by atoms with Crippen molar-refractivity contribution < 1.29 is 14.3 Å². The van der Waals surface area contributed by atoms with Gasteiger partial charge in [0, 0.05) is 16.6 Å².